The number of amides is 3. The first kappa shape index (κ1) is 64.7. The number of unbranched alkanes of at least 4 members (excludes halogenated alkanes) is 2. The van der Waals surface area contributed by atoms with Crippen molar-refractivity contribution in [1.29, 1.82) is 0 Å². The van der Waals surface area contributed by atoms with Gasteiger partial charge < -0.3 is 34.9 Å². The first-order valence-electron chi connectivity index (χ1n) is 32.5. The van der Waals surface area contributed by atoms with Crippen LogP contribution in [0.1, 0.15) is 219 Å². The highest BCUT2D eigenvalue weighted by Crippen LogP contribution is 2.55. The molecule has 3 fully saturated rings. The largest absolute Gasteiger partial charge is 0.449 e. The molecule has 82 heavy (non-hydrogen) atoms. The van der Waals surface area contributed by atoms with Crippen molar-refractivity contribution < 1.29 is 33.3 Å². The van der Waals surface area contributed by atoms with Crippen LogP contribution in [0.3, 0.4) is 0 Å². The number of carbonyl (C=O) groups is 3. The van der Waals surface area contributed by atoms with Gasteiger partial charge >= 0.3 is 18.3 Å². The number of alkyl carbamates (subject to hydrolysis) is 3. The third kappa shape index (κ3) is 19.4. The van der Waals surface area contributed by atoms with E-state index in [1.54, 1.807) is 0 Å². The number of carbonyl (C=O) groups excluding carboxylic acids is 3. The van der Waals surface area contributed by atoms with Crippen molar-refractivity contribution in [1.82, 2.24) is 60.9 Å². The predicted molar refractivity (Wildman–Crippen MR) is 318 cm³/mol. The van der Waals surface area contributed by atoms with Gasteiger partial charge in [-0.25, -0.2) is 28.4 Å². The van der Waals surface area contributed by atoms with Crippen molar-refractivity contribution >= 4 is 18.3 Å². The zero-order valence-corrected chi connectivity index (χ0v) is 52.6. The monoisotopic (exact) mass is 1140 g/mol. The molecule has 3 N–H and O–H groups in total. The van der Waals surface area contributed by atoms with Gasteiger partial charge in [0.05, 0.1) is 60.6 Å². The Morgan fingerprint density at radius 1 is 0.415 bits per heavy atom. The quantitative estimate of drug-likeness (QED) is 0.0532. The fourth-order valence-corrected chi connectivity index (χ4v) is 13.4. The molecule has 6 aliphatic rings. The minimum atomic E-state index is -0.327. The van der Waals surface area contributed by atoms with Gasteiger partial charge in [-0.1, -0.05) is 76.4 Å². The van der Waals surface area contributed by atoms with E-state index >= 15 is 0 Å². The summed E-state index contributed by atoms with van der Waals surface area (Å²) in [5.41, 5.74) is 7.44. The molecule has 9 unspecified atom stereocenters. The van der Waals surface area contributed by atoms with E-state index in [1.807, 2.05) is 0 Å². The van der Waals surface area contributed by atoms with E-state index < -0.39 is 0 Å². The van der Waals surface area contributed by atoms with Crippen LogP contribution in [-0.2, 0) is 57.5 Å². The molecule has 3 aromatic rings. The molecule has 0 aromatic carbocycles. The second-order valence-corrected chi connectivity index (χ2v) is 26.9. The third-order valence-electron chi connectivity index (χ3n) is 18.4. The molecule has 3 amide bonds. The van der Waals surface area contributed by atoms with Gasteiger partial charge in [-0.05, 0) is 215 Å². The molecule has 462 valence electrons. The molecule has 9 atom stereocenters. The molecule has 3 aromatic heterocycles. The van der Waals surface area contributed by atoms with Gasteiger partial charge in [-0.2, -0.15) is 0 Å². The number of hydrogen-bond acceptors (Lipinski definition) is 13. The number of nitrogens with zero attached hydrogens (tertiary/aromatic N) is 9. The molecular weight excluding hydrogens is 1040 g/mol. The summed E-state index contributed by atoms with van der Waals surface area (Å²) in [6.45, 7) is 31.0. The minimum Gasteiger partial charge on any atom is -0.449 e. The van der Waals surface area contributed by atoms with Crippen LogP contribution < -0.4 is 16.0 Å². The Morgan fingerprint density at radius 3 is 1.10 bits per heavy atom. The number of fused-ring (bicyclic) bond motifs is 6. The van der Waals surface area contributed by atoms with Crippen LogP contribution in [0.4, 0.5) is 14.4 Å². The number of hydrogen-bond donors (Lipinski definition) is 3. The highest BCUT2D eigenvalue weighted by Gasteiger charge is 2.52. The lowest BCUT2D eigenvalue weighted by Gasteiger charge is -2.12. The zero-order valence-electron chi connectivity index (χ0n) is 52.6. The molecule has 0 spiro atoms. The fourth-order valence-electron chi connectivity index (χ4n) is 13.4. The van der Waals surface area contributed by atoms with E-state index in [9.17, 15) is 14.4 Å². The minimum absolute atomic E-state index is 0.247. The molecule has 6 aliphatic carbocycles. The molecule has 9 rings (SSSR count). The predicted octanol–water partition coefficient (Wildman–Crippen LogP) is 11.7. The molecule has 19 nitrogen and oxygen atoms in total. The van der Waals surface area contributed by atoms with Crippen LogP contribution >= 0.6 is 0 Å². The van der Waals surface area contributed by atoms with Gasteiger partial charge in [-0.3, -0.25) is 0 Å². The van der Waals surface area contributed by atoms with Crippen LogP contribution in [0.15, 0.2) is 0 Å². The van der Waals surface area contributed by atoms with Gasteiger partial charge in [0.15, 0.2) is 0 Å². The summed E-state index contributed by atoms with van der Waals surface area (Å²) in [4.78, 5) is 35.7. The third-order valence-corrected chi connectivity index (χ3v) is 18.4. The standard InChI is InChI=1S/C22H38N4O2.C21H36N4O3.C20H34N4O2/c1-15(2)8-6-5-7-13-23-22(27)28-14-19-17-9-11-20-21(12-10-18(17)19)26(16(3)4)25-24-20;1-14(2)9-11-27-12-10-22-21(26)28-13-18-16-5-7-19-20(8-6-17(16)18)25(15(3)4)24-23-19;1-13(2)6-5-11-21-20(25)26-12-17-15-7-9-18-19(10-8-16(15)17)24(14(3)4)23-22-18/h15-19H,5-14H2,1-4H3,(H,23,27);14-18H,5-13H2,1-4H3,(H,22,26);13-17H,5-12H2,1-4H3,(H,21,25). The molecule has 19 heteroatoms. The van der Waals surface area contributed by atoms with Crippen LogP contribution in [0.5, 0.6) is 0 Å². The average molecular weight is 1150 g/mol. The lowest BCUT2D eigenvalue weighted by molar-refractivity contribution is 0.112. The lowest BCUT2D eigenvalue weighted by atomic mass is 10.0. The maximum Gasteiger partial charge on any atom is 0.407 e. The summed E-state index contributed by atoms with van der Waals surface area (Å²) in [6.07, 6.45) is 20.0. The van der Waals surface area contributed by atoms with E-state index in [-0.39, 0.29) is 18.3 Å². The summed E-state index contributed by atoms with van der Waals surface area (Å²) in [5, 5.41) is 34.8. The highest BCUT2D eigenvalue weighted by atomic mass is 16.6. The Kier molecular flexibility index (Phi) is 25.2. The Labute approximate surface area is 491 Å². The van der Waals surface area contributed by atoms with Crippen molar-refractivity contribution in [2.45, 2.75) is 223 Å². The summed E-state index contributed by atoms with van der Waals surface area (Å²) < 4.78 is 28.2. The Morgan fingerprint density at radius 2 is 0.744 bits per heavy atom. The smallest absolute Gasteiger partial charge is 0.407 e. The van der Waals surface area contributed by atoms with E-state index in [2.05, 4.69) is 144 Å². The van der Waals surface area contributed by atoms with Crippen molar-refractivity contribution in [3.63, 3.8) is 0 Å². The summed E-state index contributed by atoms with van der Waals surface area (Å²) in [5.74, 6) is 7.70. The van der Waals surface area contributed by atoms with Gasteiger partial charge in [-0.15, -0.1) is 15.3 Å². The number of aromatic nitrogens is 9. The molecule has 3 heterocycles. The van der Waals surface area contributed by atoms with Gasteiger partial charge in [0.1, 0.15) is 0 Å². The number of nitrogens with one attached hydrogen (secondary N) is 3. The van der Waals surface area contributed by atoms with Gasteiger partial charge in [0.2, 0.25) is 0 Å². The maximum atomic E-state index is 12.0. The van der Waals surface area contributed by atoms with Crippen LogP contribution in [0, 0.1) is 71.0 Å². The van der Waals surface area contributed by atoms with Crippen molar-refractivity contribution in [3.05, 3.63) is 34.2 Å². The molecule has 0 bridgehead atoms. The highest BCUT2D eigenvalue weighted by molar-refractivity contribution is 5.67. The summed E-state index contributed by atoms with van der Waals surface area (Å²) >= 11 is 0. The van der Waals surface area contributed by atoms with Crippen LogP contribution in [0.2, 0.25) is 0 Å². The number of ether oxygens (including phenoxy) is 4. The molecule has 3 saturated carbocycles. The second kappa shape index (κ2) is 31.9. The normalized spacial score (nSPS) is 24.0. The van der Waals surface area contributed by atoms with E-state index in [0.29, 0.717) is 123 Å². The SMILES string of the molecule is CC(C)CCCCCNC(=O)OCC1C2CCc3nnn(C(C)C)c3CCC21.CC(C)CCCNC(=O)OCC1C2CCc3nnn(C(C)C)c3CCC21.CC(C)CCOCCNC(=O)OCC1C2CCc3nnn(C(C)C)c3CCC21. The molecular formula is C63H108N12O7. The Hall–Kier alpha value is -4.81. The summed E-state index contributed by atoms with van der Waals surface area (Å²) in [7, 11) is 0. The maximum absolute atomic E-state index is 12.0. The van der Waals surface area contributed by atoms with Crippen molar-refractivity contribution in [2.75, 3.05) is 52.7 Å². The van der Waals surface area contributed by atoms with Gasteiger partial charge in [0.25, 0.3) is 0 Å². The first-order valence-corrected chi connectivity index (χ1v) is 32.5. The first-order chi connectivity index (χ1) is 39.4. The number of rotatable bonds is 25. The molecule has 0 saturated heterocycles. The van der Waals surface area contributed by atoms with Crippen LogP contribution in [-0.4, -0.2) is 116 Å². The van der Waals surface area contributed by atoms with E-state index in [0.717, 1.165) is 127 Å². The topological polar surface area (TPSA) is 216 Å². The lowest BCUT2D eigenvalue weighted by Crippen LogP contribution is -2.28. The molecule has 0 radical (unpaired) electrons. The van der Waals surface area contributed by atoms with Gasteiger partial charge in [0, 0.05) is 44.4 Å². The second-order valence-electron chi connectivity index (χ2n) is 26.9. The van der Waals surface area contributed by atoms with E-state index in [4.69, 9.17) is 18.9 Å². The fraction of sp³-hybridized carbons (Fsp3) is 0.857. The van der Waals surface area contributed by atoms with Crippen molar-refractivity contribution in [2.24, 2.45) is 71.0 Å². The zero-order chi connectivity index (χ0) is 58.9. The van der Waals surface area contributed by atoms with Crippen molar-refractivity contribution in [3.8, 4) is 0 Å². The average Bonchev–Trinajstić information content (AvgIpc) is 4.45. The molecule has 0 aliphatic heterocycles. The van der Waals surface area contributed by atoms with Crippen LogP contribution in [0.25, 0.3) is 0 Å². The van der Waals surface area contributed by atoms with E-state index in [1.165, 1.54) is 47.7 Å². The Bertz CT molecular complexity index is 2300. The summed E-state index contributed by atoms with van der Waals surface area (Å²) in [6, 6.07) is 1.07. The Balaban J connectivity index is 0.000000177. The number of aryl methyl sites for hydroxylation is 3.